The second-order valence-electron chi connectivity index (χ2n) is 8.92. The van der Waals surface area contributed by atoms with Crippen LogP contribution in [0.15, 0.2) is 42.7 Å². The lowest BCUT2D eigenvalue weighted by Crippen LogP contribution is -2.47. The minimum absolute atomic E-state index is 0.0688. The van der Waals surface area contributed by atoms with Gasteiger partial charge >= 0.3 is 11.9 Å². The number of fused-ring (bicyclic) bond motifs is 2. The van der Waals surface area contributed by atoms with E-state index in [0.29, 0.717) is 11.2 Å². The monoisotopic (exact) mass is 539 g/mol. The summed E-state index contributed by atoms with van der Waals surface area (Å²) >= 11 is 0. The zero-order valence-corrected chi connectivity index (χ0v) is 21.3. The number of anilines is 4. The number of carbonyl (C=O) groups excluding carboxylic acids is 2. The summed E-state index contributed by atoms with van der Waals surface area (Å²) in [7, 11) is 2.67. The predicted octanol–water partition coefficient (Wildman–Crippen LogP) is 2.46. The molecule has 202 valence electrons. The lowest BCUT2D eigenvalue weighted by molar-refractivity contribution is -0.140. The maximum atomic E-state index is 14.6. The van der Waals surface area contributed by atoms with Crippen molar-refractivity contribution in [2.45, 2.75) is 25.8 Å². The Kier molecular flexibility index (Phi) is 6.41. The fraction of sp³-hybridized carbons (Fsp3) is 0.292. The van der Waals surface area contributed by atoms with Crippen LogP contribution in [0.25, 0.3) is 11.2 Å². The van der Waals surface area contributed by atoms with Crippen LogP contribution in [0.5, 0.6) is 5.75 Å². The first-order valence-electron chi connectivity index (χ1n) is 11.7. The van der Waals surface area contributed by atoms with Gasteiger partial charge in [-0.05, 0) is 54.2 Å². The van der Waals surface area contributed by atoms with E-state index in [9.17, 15) is 18.4 Å². The largest absolute Gasteiger partial charge is 0.495 e. The van der Waals surface area contributed by atoms with Crippen molar-refractivity contribution in [2.24, 2.45) is 0 Å². The minimum Gasteiger partial charge on any atom is -0.495 e. The smallest absolute Gasteiger partial charge is 0.365 e. The van der Waals surface area contributed by atoms with Gasteiger partial charge < -0.3 is 24.7 Å². The van der Waals surface area contributed by atoms with Gasteiger partial charge in [0, 0.05) is 19.3 Å². The molecule has 0 radical (unpaired) electrons. The number of benzene rings is 1. The summed E-state index contributed by atoms with van der Waals surface area (Å²) in [6.07, 6.45) is 2.82. The first-order chi connectivity index (χ1) is 18.6. The molecule has 4 aromatic rings. The zero-order valence-electron chi connectivity index (χ0n) is 21.3. The molecule has 0 saturated heterocycles. The number of hydrogen-bond donors (Lipinski definition) is 1. The number of hydrogen-bond acceptors (Lipinski definition) is 11. The number of ether oxygens (including phenoxy) is 1. The summed E-state index contributed by atoms with van der Waals surface area (Å²) in [5.41, 5.74) is 1.42. The number of halogens is 2. The molecule has 5 rings (SSSR count). The summed E-state index contributed by atoms with van der Waals surface area (Å²) in [5, 5.41) is 10.7. The normalized spacial score (nSPS) is 14.8. The van der Waals surface area contributed by atoms with Crippen LogP contribution in [0.2, 0.25) is 0 Å². The third-order valence-electron chi connectivity index (χ3n) is 6.03. The number of rotatable bonds is 6. The van der Waals surface area contributed by atoms with E-state index in [2.05, 4.69) is 30.6 Å². The highest BCUT2D eigenvalue weighted by molar-refractivity contribution is 6.02. The van der Waals surface area contributed by atoms with Crippen LogP contribution in [0.3, 0.4) is 0 Å². The van der Waals surface area contributed by atoms with Gasteiger partial charge in [-0.2, -0.15) is 13.8 Å². The van der Waals surface area contributed by atoms with Crippen LogP contribution >= 0.6 is 0 Å². The Morgan fingerprint density at radius 3 is 2.74 bits per heavy atom. The fourth-order valence-electron chi connectivity index (χ4n) is 3.99. The van der Waals surface area contributed by atoms with E-state index < -0.39 is 24.3 Å². The highest BCUT2D eigenvalue weighted by atomic mass is 19.3. The lowest BCUT2D eigenvalue weighted by Gasteiger charge is -2.29. The zero-order chi connectivity index (χ0) is 27.9. The quantitative estimate of drug-likeness (QED) is 0.361. The highest BCUT2D eigenvalue weighted by Gasteiger charge is 2.47. The maximum absolute atomic E-state index is 14.6. The molecule has 0 fully saturated rings. The standard InChI is InChI=1S/C24H23F2N9O4/c1-13(2)34-12-24(25,26)22(37)33(3)17-11-28-23(30-20(17)34)29-15-8-7-14(10-18(15)38-4)21(36)39-35-19-16(31-32-35)6-5-9-27-19/h5-11,13H,12H2,1-4H3,(H,28,29,30). The second-order valence-corrected chi connectivity index (χ2v) is 8.92. The molecule has 1 N–H and O–H groups in total. The molecule has 0 atom stereocenters. The number of alkyl halides is 2. The topological polar surface area (TPSA) is 140 Å². The number of nitrogens with zero attached hydrogens (tertiary/aromatic N) is 8. The molecule has 0 bridgehead atoms. The molecule has 4 heterocycles. The van der Waals surface area contributed by atoms with E-state index in [-0.39, 0.29) is 40.5 Å². The van der Waals surface area contributed by atoms with Gasteiger partial charge in [0.15, 0.2) is 5.82 Å². The van der Waals surface area contributed by atoms with Crippen molar-refractivity contribution in [3.63, 3.8) is 0 Å². The second kappa shape index (κ2) is 9.74. The Hall–Kier alpha value is -4.95. The van der Waals surface area contributed by atoms with E-state index in [1.807, 2.05) is 0 Å². The molecule has 13 nitrogen and oxygen atoms in total. The summed E-state index contributed by atoms with van der Waals surface area (Å²) in [4.78, 5) is 46.2. The van der Waals surface area contributed by atoms with Gasteiger partial charge in [0.05, 0.1) is 31.1 Å². The van der Waals surface area contributed by atoms with Crippen molar-refractivity contribution < 1.29 is 27.9 Å². The third-order valence-corrected chi connectivity index (χ3v) is 6.03. The van der Waals surface area contributed by atoms with Gasteiger partial charge in [-0.3, -0.25) is 4.79 Å². The SMILES string of the molecule is COc1cc(C(=O)On2nnc3cccnc32)ccc1Nc1ncc2c(n1)N(C(C)C)CC(F)(F)C(=O)N2C. The van der Waals surface area contributed by atoms with E-state index in [0.717, 1.165) is 9.75 Å². The van der Waals surface area contributed by atoms with Crippen LogP contribution in [0, 0.1) is 0 Å². The van der Waals surface area contributed by atoms with E-state index in [4.69, 9.17) is 9.57 Å². The lowest BCUT2D eigenvalue weighted by atomic mass is 10.2. The summed E-state index contributed by atoms with van der Waals surface area (Å²) in [6, 6.07) is 7.45. The molecule has 1 aliphatic rings. The third kappa shape index (κ3) is 4.73. The molecule has 15 heteroatoms. The number of nitrogens with one attached hydrogen (secondary N) is 1. The molecular weight excluding hydrogens is 516 g/mol. The average Bonchev–Trinajstić information content (AvgIpc) is 3.30. The number of pyridine rings is 1. The van der Waals surface area contributed by atoms with Crippen LogP contribution in [0.1, 0.15) is 24.2 Å². The molecule has 39 heavy (non-hydrogen) atoms. The Morgan fingerprint density at radius 2 is 2.00 bits per heavy atom. The predicted molar refractivity (Wildman–Crippen MR) is 135 cm³/mol. The molecule has 0 saturated carbocycles. The fourth-order valence-corrected chi connectivity index (χ4v) is 3.99. The summed E-state index contributed by atoms with van der Waals surface area (Å²) < 4.78 is 34.6. The molecule has 0 aliphatic carbocycles. The van der Waals surface area contributed by atoms with Gasteiger partial charge in [-0.1, -0.05) is 0 Å². The van der Waals surface area contributed by atoms with Crippen LogP contribution < -0.4 is 24.7 Å². The van der Waals surface area contributed by atoms with Crippen LogP contribution in [-0.2, 0) is 4.79 Å². The van der Waals surface area contributed by atoms with Crippen molar-refractivity contribution in [1.82, 2.24) is 30.1 Å². The van der Waals surface area contributed by atoms with E-state index in [1.165, 1.54) is 43.6 Å². The Bertz CT molecular complexity index is 1580. The average molecular weight is 540 g/mol. The maximum Gasteiger partial charge on any atom is 0.365 e. The van der Waals surface area contributed by atoms with E-state index >= 15 is 0 Å². The van der Waals surface area contributed by atoms with Gasteiger partial charge in [-0.15, -0.1) is 5.10 Å². The van der Waals surface area contributed by atoms with Crippen molar-refractivity contribution in [1.29, 1.82) is 0 Å². The van der Waals surface area contributed by atoms with Crippen molar-refractivity contribution in [3.8, 4) is 5.75 Å². The molecule has 3 aromatic heterocycles. The Morgan fingerprint density at radius 1 is 1.21 bits per heavy atom. The summed E-state index contributed by atoms with van der Waals surface area (Å²) in [6.45, 7) is 2.63. The number of amides is 1. The van der Waals surface area contributed by atoms with Crippen molar-refractivity contribution >= 4 is 46.2 Å². The van der Waals surface area contributed by atoms with Crippen molar-refractivity contribution in [3.05, 3.63) is 48.3 Å². The Labute approximate surface area is 220 Å². The van der Waals surface area contributed by atoms with Gasteiger partial charge in [0.25, 0.3) is 5.91 Å². The molecule has 0 unspecified atom stereocenters. The molecule has 1 aromatic carbocycles. The molecule has 1 aliphatic heterocycles. The van der Waals surface area contributed by atoms with Gasteiger partial charge in [0.1, 0.15) is 17.0 Å². The first kappa shape index (κ1) is 25.7. The Balaban J connectivity index is 1.41. The van der Waals surface area contributed by atoms with Gasteiger partial charge in [0.2, 0.25) is 11.6 Å². The number of carbonyl (C=O) groups is 2. The first-order valence-corrected chi connectivity index (χ1v) is 11.7. The number of methoxy groups -OCH3 is 1. The summed E-state index contributed by atoms with van der Waals surface area (Å²) in [5.74, 6) is -5.18. The van der Waals surface area contributed by atoms with Crippen LogP contribution in [-0.4, -0.2) is 74.7 Å². The molecule has 1 amide bonds. The minimum atomic E-state index is -3.60. The number of aromatic nitrogens is 6. The van der Waals surface area contributed by atoms with Crippen molar-refractivity contribution in [2.75, 3.05) is 35.8 Å². The molecule has 0 spiro atoms. The van der Waals surface area contributed by atoms with Gasteiger partial charge in [-0.25, -0.2) is 14.8 Å². The van der Waals surface area contributed by atoms with E-state index in [1.54, 1.807) is 32.0 Å². The highest BCUT2D eigenvalue weighted by Crippen LogP contribution is 2.37. The van der Waals surface area contributed by atoms with Crippen LogP contribution in [0.4, 0.5) is 31.9 Å². The molecular formula is C24H23F2N9O4.